The Balaban J connectivity index is 1.56. The maximum atomic E-state index is 13.2. The smallest absolute Gasteiger partial charge is 0.339 e. The predicted octanol–water partition coefficient (Wildman–Crippen LogP) is 6.36. The molecular formula is C26H22ClFN2O4. The van der Waals surface area contributed by atoms with E-state index in [1.54, 1.807) is 43.3 Å². The van der Waals surface area contributed by atoms with Gasteiger partial charge in [0.25, 0.3) is 5.91 Å². The Labute approximate surface area is 201 Å². The fourth-order valence-electron chi connectivity index (χ4n) is 3.32. The number of carbonyl (C=O) groups is 2. The SMILES string of the molecule is CC1=NN(c2ccc(F)cc2)C(=O)C1=Cc1ccc(-c2ccc(Cl)c(C(=O)OCC(C)C)c2)o1. The van der Waals surface area contributed by atoms with Crippen LogP contribution < -0.4 is 5.01 Å². The van der Waals surface area contributed by atoms with Crippen LogP contribution in [-0.4, -0.2) is 24.2 Å². The molecule has 3 aromatic rings. The summed E-state index contributed by atoms with van der Waals surface area (Å²) in [5, 5.41) is 5.79. The molecule has 0 radical (unpaired) electrons. The Morgan fingerprint density at radius 2 is 1.91 bits per heavy atom. The quantitative estimate of drug-likeness (QED) is 0.304. The number of rotatable bonds is 6. The van der Waals surface area contributed by atoms with Crippen LogP contribution in [0.5, 0.6) is 0 Å². The lowest BCUT2D eigenvalue weighted by Gasteiger charge is -2.11. The molecule has 1 aromatic heterocycles. The van der Waals surface area contributed by atoms with Gasteiger partial charge in [0.2, 0.25) is 0 Å². The maximum absolute atomic E-state index is 13.2. The van der Waals surface area contributed by atoms with Gasteiger partial charge < -0.3 is 9.15 Å². The fraction of sp³-hybridized carbons (Fsp3) is 0.192. The van der Waals surface area contributed by atoms with Gasteiger partial charge in [0.15, 0.2) is 0 Å². The van der Waals surface area contributed by atoms with Gasteiger partial charge in [-0.2, -0.15) is 10.1 Å². The topological polar surface area (TPSA) is 72.1 Å². The molecular weight excluding hydrogens is 459 g/mol. The number of hydrogen-bond acceptors (Lipinski definition) is 5. The first-order valence-electron chi connectivity index (χ1n) is 10.7. The van der Waals surface area contributed by atoms with Crippen molar-refractivity contribution in [2.75, 3.05) is 11.6 Å². The minimum atomic E-state index is -0.501. The van der Waals surface area contributed by atoms with E-state index in [2.05, 4.69) is 5.10 Å². The number of ether oxygens (including phenoxy) is 1. The van der Waals surface area contributed by atoms with E-state index >= 15 is 0 Å². The summed E-state index contributed by atoms with van der Waals surface area (Å²) in [5.74, 6) is -0.101. The lowest BCUT2D eigenvalue weighted by Crippen LogP contribution is -2.21. The van der Waals surface area contributed by atoms with Gasteiger partial charge in [0, 0.05) is 5.56 Å². The van der Waals surface area contributed by atoms with Gasteiger partial charge in [-0.15, -0.1) is 0 Å². The number of furan rings is 1. The zero-order chi connectivity index (χ0) is 24.4. The maximum Gasteiger partial charge on any atom is 0.339 e. The molecule has 1 amide bonds. The summed E-state index contributed by atoms with van der Waals surface area (Å²) in [5.41, 5.74) is 2.22. The highest BCUT2D eigenvalue weighted by atomic mass is 35.5. The van der Waals surface area contributed by atoms with Crippen molar-refractivity contribution < 1.29 is 23.1 Å². The summed E-state index contributed by atoms with van der Waals surface area (Å²) in [7, 11) is 0. The fourth-order valence-corrected chi connectivity index (χ4v) is 3.52. The van der Waals surface area contributed by atoms with E-state index in [1.807, 2.05) is 13.8 Å². The minimum absolute atomic E-state index is 0.204. The highest BCUT2D eigenvalue weighted by Crippen LogP contribution is 2.30. The molecule has 34 heavy (non-hydrogen) atoms. The number of amides is 1. The lowest BCUT2D eigenvalue weighted by atomic mass is 10.1. The van der Waals surface area contributed by atoms with Crippen molar-refractivity contribution in [2.24, 2.45) is 11.0 Å². The molecule has 0 spiro atoms. The minimum Gasteiger partial charge on any atom is -0.462 e. The van der Waals surface area contributed by atoms with Crippen molar-refractivity contribution in [3.63, 3.8) is 0 Å². The van der Waals surface area contributed by atoms with Crippen LogP contribution in [0.3, 0.4) is 0 Å². The first-order valence-corrected chi connectivity index (χ1v) is 11.0. The Kier molecular flexibility index (Phi) is 6.65. The van der Waals surface area contributed by atoms with Crippen molar-refractivity contribution >= 4 is 41.0 Å². The van der Waals surface area contributed by atoms with Crippen molar-refractivity contribution in [1.82, 2.24) is 0 Å². The molecule has 0 atom stereocenters. The van der Waals surface area contributed by atoms with Crippen LogP contribution in [0.4, 0.5) is 10.1 Å². The van der Waals surface area contributed by atoms with Gasteiger partial charge in [-0.3, -0.25) is 4.79 Å². The molecule has 0 N–H and O–H groups in total. The van der Waals surface area contributed by atoms with E-state index in [9.17, 15) is 14.0 Å². The van der Waals surface area contributed by atoms with Crippen LogP contribution in [0.2, 0.25) is 5.02 Å². The summed E-state index contributed by atoms with van der Waals surface area (Å²) in [6, 6.07) is 13.9. The number of benzene rings is 2. The second kappa shape index (κ2) is 9.65. The normalized spacial score (nSPS) is 14.8. The van der Waals surface area contributed by atoms with Crippen LogP contribution in [0, 0.1) is 11.7 Å². The van der Waals surface area contributed by atoms with Gasteiger partial charge in [-0.1, -0.05) is 25.4 Å². The Morgan fingerprint density at radius 1 is 1.18 bits per heavy atom. The van der Waals surface area contributed by atoms with E-state index in [0.29, 0.717) is 40.7 Å². The summed E-state index contributed by atoms with van der Waals surface area (Å²) in [6.07, 6.45) is 1.60. The van der Waals surface area contributed by atoms with E-state index in [4.69, 9.17) is 20.8 Å². The first kappa shape index (κ1) is 23.4. The number of anilines is 1. The van der Waals surface area contributed by atoms with E-state index in [-0.39, 0.29) is 22.4 Å². The molecule has 2 heterocycles. The number of esters is 1. The number of nitrogens with zero attached hydrogens (tertiary/aromatic N) is 2. The summed E-state index contributed by atoms with van der Waals surface area (Å²) in [6.45, 7) is 5.91. The van der Waals surface area contributed by atoms with Gasteiger partial charge in [-0.25, -0.2) is 9.18 Å². The second-order valence-electron chi connectivity index (χ2n) is 8.23. The molecule has 0 saturated heterocycles. The van der Waals surface area contributed by atoms with E-state index in [1.165, 1.54) is 29.3 Å². The van der Waals surface area contributed by atoms with Gasteiger partial charge in [0.05, 0.1) is 34.2 Å². The highest BCUT2D eigenvalue weighted by molar-refractivity contribution is 6.33. The van der Waals surface area contributed by atoms with Crippen LogP contribution in [-0.2, 0) is 9.53 Å². The van der Waals surface area contributed by atoms with Crippen LogP contribution in [0.15, 0.2) is 69.7 Å². The van der Waals surface area contributed by atoms with Crippen LogP contribution in [0.25, 0.3) is 17.4 Å². The molecule has 0 unspecified atom stereocenters. The average Bonchev–Trinajstić information content (AvgIpc) is 3.38. The van der Waals surface area contributed by atoms with Crippen LogP contribution >= 0.6 is 11.6 Å². The highest BCUT2D eigenvalue weighted by Gasteiger charge is 2.29. The molecule has 0 fully saturated rings. The van der Waals surface area contributed by atoms with E-state index in [0.717, 1.165) is 0 Å². The Bertz CT molecular complexity index is 1310. The molecule has 1 aliphatic heterocycles. The predicted molar refractivity (Wildman–Crippen MR) is 129 cm³/mol. The number of hydrogen-bond donors (Lipinski definition) is 0. The summed E-state index contributed by atoms with van der Waals surface area (Å²) in [4.78, 5) is 25.3. The van der Waals surface area contributed by atoms with Gasteiger partial charge in [0.1, 0.15) is 17.3 Å². The third-order valence-electron chi connectivity index (χ3n) is 5.07. The van der Waals surface area contributed by atoms with Gasteiger partial charge >= 0.3 is 5.97 Å². The van der Waals surface area contributed by atoms with Crippen molar-refractivity contribution in [3.05, 3.63) is 82.3 Å². The molecule has 174 valence electrons. The Hall–Kier alpha value is -3.71. The molecule has 1 aliphatic rings. The largest absolute Gasteiger partial charge is 0.462 e. The molecule has 2 aromatic carbocycles. The third-order valence-corrected chi connectivity index (χ3v) is 5.40. The number of halogens is 2. The molecule has 8 heteroatoms. The lowest BCUT2D eigenvalue weighted by molar-refractivity contribution is -0.114. The molecule has 6 nitrogen and oxygen atoms in total. The first-order chi connectivity index (χ1) is 16.2. The molecule has 0 aliphatic carbocycles. The third kappa shape index (κ3) is 4.94. The zero-order valence-corrected chi connectivity index (χ0v) is 19.6. The van der Waals surface area contributed by atoms with Crippen molar-refractivity contribution in [3.8, 4) is 11.3 Å². The van der Waals surface area contributed by atoms with Gasteiger partial charge in [-0.05, 0) is 73.5 Å². The van der Waals surface area contributed by atoms with Crippen molar-refractivity contribution in [2.45, 2.75) is 20.8 Å². The van der Waals surface area contributed by atoms with Crippen molar-refractivity contribution in [1.29, 1.82) is 0 Å². The summed E-state index contributed by atoms with van der Waals surface area (Å²) >= 11 is 6.20. The molecule has 4 rings (SSSR count). The number of hydrazone groups is 1. The molecule has 0 saturated carbocycles. The second-order valence-corrected chi connectivity index (χ2v) is 8.63. The number of carbonyl (C=O) groups excluding carboxylic acids is 2. The summed E-state index contributed by atoms with van der Waals surface area (Å²) < 4.78 is 24.4. The Morgan fingerprint density at radius 3 is 2.62 bits per heavy atom. The monoisotopic (exact) mass is 480 g/mol. The van der Waals surface area contributed by atoms with Crippen LogP contribution in [0.1, 0.15) is 36.9 Å². The average molecular weight is 481 g/mol. The van der Waals surface area contributed by atoms with E-state index < -0.39 is 11.8 Å². The standard InChI is InChI=1S/C26H22ClFN2O4/c1-15(2)14-33-26(32)22-12-17(4-10-23(22)27)24-11-9-20(34-24)13-21-16(3)29-30(25(21)31)19-7-5-18(28)6-8-19/h4-13,15H,14H2,1-3H3. The zero-order valence-electron chi connectivity index (χ0n) is 18.8. The molecule has 0 bridgehead atoms.